The molecule has 0 saturated carbocycles. The molecule has 148 valence electrons. The molecule has 3 heterocycles. The minimum atomic E-state index is -0.0987. The normalized spacial score (nSPS) is 11.2. The van der Waals surface area contributed by atoms with Crippen molar-refractivity contribution in [3.63, 3.8) is 0 Å². The maximum atomic E-state index is 12.9. The summed E-state index contributed by atoms with van der Waals surface area (Å²) in [5, 5.41) is 3.06. The number of nitrogens with zero attached hydrogens (tertiary/aromatic N) is 4. The number of amides is 1. The van der Waals surface area contributed by atoms with Gasteiger partial charge in [0.2, 0.25) is 5.91 Å². The van der Waals surface area contributed by atoms with Gasteiger partial charge in [0.15, 0.2) is 10.3 Å². The molecule has 0 N–H and O–H groups in total. The van der Waals surface area contributed by atoms with Crippen LogP contribution in [0.5, 0.6) is 0 Å². The Morgan fingerprint density at radius 1 is 1.28 bits per heavy atom. The van der Waals surface area contributed by atoms with Gasteiger partial charge in [0.25, 0.3) is 5.56 Å². The van der Waals surface area contributed by atoms with E-state index < -0.39 is 0 Å². The molecule has 9 heteroatoms. The quantitative estimate of drug-likeness (QED) is 0.241. The van der Waals surface area contributed by atoms with E-state index in [-0.39, 0.29) is 17.2 Å². The number of aromatic nitrogens is 3. The average molecular weight is 443 g/mol. The van der Waals surface area contributed by atoms with Gasteiger partial charge in [-0.05, 0) is 30.5 Å². The van der Waals surface area contributed by atoms with Crippen molar-refractivity contribution < 1.29 is 4.79 Å². The maximum Gasteiger partial charge on any atom is 0.272 e. The standard InChI is InChI=1S/C20H18N4O2S3/c1-3-10-24-18(26)17-14(9-11-27-17)22-19(24)28-12-16(25)23(4-2)20-21-13-7-5-6-8-15(13)29-20/h3,5-9,11H,1,4,10,12H2,2H3. The van der Waals surface area contributed by atoms with Crippen molar-refractivity contribution in [1.29, 1.82) is 0 Å². The zero-order chi connectivity index (χ0) is 20.4. The molecule has 0 aliphatic heterocycles. The summed E-state index contributed by atoms with van der Waals surface area (Å²) >= 11 is 4.14. The van der Waals surface area contributed by atoms with E-state index in [4.69, 9.17) is 0 Å². The summed E-state index contributed by atoms with van der Waals surface area (Å²) in [4.78, 5) is 36.5. The number of hydrogen-bond acceptors (Lipinski definition) is 7. The monoisotopic (exact) mass is 442 g/mol. The Hall–Kier alpha value is -2.49. The topological polar surface area (TPSA) is 68.1 Å². The van der Waals surface area contributed by atoms with E-state index in [0.717, 1.165) is 10.2 Å². The van der Waals surface area contributed by atoms with Gasteiger partial charge in [-0.15, -0.1) is 17.9 Å². The average Bonchev–Trinajstić information content (AvgIpc) is 3.36. The van der Waals surface area contributed by atoms with Crippen molar-refractivity contribution >= 4 is 65.9 Å². The van der Waals surface area contributed by atoms with Crippen molar-refractivity contribution in [3.8, 4) is 0 Å². The summed E-state index contributed by atoms with van der Waals surface area (Å²) in [6.45, 7) is 6.53. The van der Waals surface area contributed by atoms with Gasteiger partial charge in [0, 0.05) is 13.1 Å². The molecule has 4 rings (SSSR count). The lowest BCUT2D eigenvalue weighted by Crippen LogP contribution is -2.32. The van der Waals surface area contributed by atoms with E-state index >= 15 is 0 Å². The number of thiazole rings is 1. The molecule has 29 heavy (non-hydrogen) atoms. The number of thioether (sulfide) groups is 1. The molecule has 0 bridgehead atoms. The van der Waals surface area contributed by atoms with Gasteiger partial charge < -0.3 is 0 Å². The minimum Gasteiger partial charge on any atom is -0.288 e. The lowest BCUT2D eigenvalue weighted by atomic mass is 10.3. The summed E-state index contributed by atoms with van der Waals surface area (Å²) in [6, 6.07) is 9.66. The van der Waals surface area contributed by atoms with Crippen molar-refractivity contribution in [2.75, 3.05) is 17.2 Å². The second-order valence-electron chi connectivity index (χ2n) is 6.12. The zero-order valence-electron chi connectivity index (χ0n) is 15.7. The largest absolute Gasteiger partial charge is 0.288 e. The van der Waals surface area contributed by atoms with Crippen LogP contribution in [-0.4, -0.2) is 32.7 Å². The number of thiophene rings is 1. The number of benzene rings is 1. The van der Waals surface area contributed by atoms with Gasteiger partial charge in [0.1, 0.15) is 4.70 Å². The van der Waals surface area contributed by atoms with Crippen molar-refractivity contribution in [2.24, 2.45) is 0 Å². The van der Waals surface area contributed by atoms with Crippen LogP contribution in [-0.2, 0) is 11.3 Å². The molecule has 0 radical (unpaired) electrons. The van der Waals surface area contributed by atoms with E-state index in [1.807, 2.05) is 42.6 Å². The summed E-state index contributed by atoms with van der Waals surface area (Å²) < 4.78 is 3.23. The fraction of sp³-hybridized carbons (Fsp3) is 0.200. The van der Waals surface area contributed by atoms with Crippen LogP contribution in [0, 0.1) is 0 Å². The van der Waals surface area contributed by atoms with Crippen LogP contribution in [0.25, 0.3) is 20.4 Å². The van der Waals surface area contributed by atoms with Gasteiger partial charge in [-0.25, -0.2) is 9.97 Å². The molecule has 0 saturated heterocycles. The van der Waals surface area contributed by atoms with Crippen LogP contribution in [0.15, 0.2) is 58.3 Å². The maximum absolute atomic E-state index is 12.9. The van der Waals surface area contributed by atoms with Gasteiger partial charge in [-0.3, -0.25) is 19.1 Å². The van der Waals surface area contributed by atoms with E-state index in [9.17, 15) is 9.59 Å². The number of anilines is 1. The Morgan fingerprint density at radius 2 is 2.10 bits per heavy atom. The van der Waals surface area contributed by atoms with Crippen LogP contribution < -0.4 is 10.5 Å². The SMILES string of the molecule is C=CCn1c(SCC(=O)N(CC)c2nc3ccccc3s2)nc2ccsc2c1=O. The van der Waals surface area contributed by atoms with Crippen LogP contribution in [0.1, 0.15) is 6.92 Å². The summed E-state index contributed by atoms with van der Waals surface area (Å²) in [7, 11) is 0. The number of fused-ring (bicyclic) bond motifs is 2. The molecule has 4 aromatic rings. The summed E-state index contributed by atoms with van der Waals surface area (Å²) in [5.41, 5.74) is 1.45. The highest BCUT2D eigenvalue weighted by atomic mass is 32.2. The summed E-state index contributed by atoms with van der Waals surface area (Å²) in [5.74, 6) is 0.101. The molecule has 6 nitrogen and oxygen atoms in total. The molecule has 3 aromatic heterocycles. The van der Waals surface area contributed by atoms with E-state index in [0.29, 0.717) is 33.6 Å². The first-order valence-corrected chi connectivity index (χ1v) is 11.7. The smallest absolute Gasteiger partial charge is 0.272 e. The van der Waals surface area contributed by atoms with Crippen LogP contribution in [0.2, 0.25) is 0 Å². The Labute approximate surface area is 179 Å². The molecule has 1 amide bonds. The third-order valence-corrected chi connectivity index (χ3v) is 7.21. The molecule has 0 atom stereocenters. The van der Waals surface area contributed by atoms with Crippen molar-refractivity contribution in [1.82, 2.24) is 14.5 Å². The molecule has 0 spiro atoms. The number of allylic oxidation sites excluding steroid dienone is 1. The molecular formula is C20H18N4O2S3. The highest BCUT2D eigenvalue weighted by Gasteiger charge is 2.20. The minimum absolute atomic E-state index is 0.0682. The highest BCUT2D eigenvalue weighted by molar-refractivity contribution is 7.99. The fourth-order valence-electron chi connectivity index (χ4n) is 2.92. The van der Waals surface area contributed by atoms with Crippen molar-refractivity contribution in [3.05, 3.63) is 58.7 Å². The third kappa shape index (κ3) is 3.85. The molecule has 0 fully saturated rings. The van der Waals surface area contributed by atoms with E-state index in [2.05, 4.69) is 16.5 Å². The number of hydrogen-bond donors (Lipinski definition) is 0. The lowest BCUT2D eigenvalue weighted by Gasteiger charge is -2.17. The molecule has 0 unspecified atom stereocenters. The van der Waals surface area contributed by atoms with Crippen molar-refractivity contribution in [2.45, 2.75) is 18.6 Å². The first-order valence-electron chi connectivity index (χ1n) is 9.00. The van der Waals surface area contributed by atoms with E-state index in [1.54, 1.807) is 15.5 Å². The summed E-state index contributed by atoms with van der Waals surface area (Å²) in [6.07, 6.45) is 1.66. The second kappa shape index (κ2) is 8.48. The molecule has 0 aliphatic carbocycles. The number of para-hydroxylation sites is 1. The number of carbonyl (C=O) groups is 1. The zero-order valence-corrected chi connectivity index (χ0v) is 18.1. The van der Waals surface area contributed by atoms with Gasteiger partial charge >= 0.3 is 0 Å². The lowest BCUT2D eigenvalue weighted by molar-refractivity contribution is -0.116. The highest BCUT2D eigenvalue weighted by Crippen LogP contribution is 2.29. The fourth-order valence-corrected chi connectivity index (χ4v) is 5.63. The van der Waals surface area contributed by atoms with Crippen LogP contribution >= 0.6 is 34.4 Å². The predicted octanol–water partition coefficient (Wildman–Crippen LogP) is 4.40. The predicted molar refractivity (Wildman–Crippen MR) is 122 cm³/mol. The molecule has 1 aromatic carbocycles. The number of carbonyl (C=O) groups excluding carboxylic acids is 1. The number of rotatable bonds is 7. The Kier molecular flexibility index (Phi) is 5.79. The van der Waals surface area contributed by atoms with Gasteiger partial charge in [-0.2, -0.15) is 0 Å². The van der Waals surface area contributed by atoms with Gasteiger partial charge in [-0.1, -0.05) is 41.3 Å². The molecular weight excluding hydrogens is 424 g/mol. The Morgan fingerprint density at radius 3 is 2.86 bits per heavy atom. The Balaban J connectivity index is 1.59. The first kappa shape index (κ1) is 19.8. The Bertz CT molecular complexity index is 1220. The third-order valence-electron chi connectivity index (χ3n) is 4.30. The second-order valence-corrected chi connectivity index (χ2v) is 8.99. The van der Waals surface area contributed by atoms with E-state index in [1.165, 1.54) is 34.4 Å². The van der Waals surface area contributed by atoms with Crippen LogP contribution in [0.3, 0.4) is 0 Å². The first-order chi connectivity index (χ1) is 14.1. The van der Waals surface area contributed by atoms with Gasteiger partial charge in [0.05, 0.1) is 21.5 Å². The molecule has 0 aliphatic rings. The van der Waals surface area contributed by atoms with Crippen LogP contribution in [0.4, 0.5) is 5.13 Å².